The van der Waals surface area contributed by atoms with Gasteiger partial charge in [0.1, 0.15) is 11.9 Å². The largest absolute Gasteiger partial charge is 0.395 e. The highest BCUT2D eigenvalue weighted by atomic mass is 32.2. The minimum atomic E-state index is -3.64. The average molecular weight is 450 g/mol. The van der Waals surface area contributed by atoms with Gasteiger partial charge >= 0.3 is 0 Å². The van der Waals surface area contributed by atoms with Crippen LogP contribution in [0.1, 0.15) is 37.7 Å². The van der Waals surface area contributed by atoms with Crippen LogP contribution in [0, 0.1) is 29.6 Å². The van der Waals surface area contributed by atoms with Gasteiger partial charge in [0.15, 0.2) is 5.78 Å². The van der Waals surface area contributed by atoms with E-state index in [4.69, 9.17) is 4.74 Å². The fourth-order valence-corrected chi connectivity index (χ4v) is 7.81. The van der Waals surface area contributed by atoms with E-state index in [1.54, 1.807) is 24.3 Å². The van der Waals surface area contributed by atoms with E-state index in [0.29, 0.717) is 25.7 Å². The molecule has 170 valence electrons. The molecule has 4 fully saturated rings. The van der Waals surface area contributed by atoms with Gasteiger partial charge in [-0.25, -0.2) is 12.7 Å². The highest BCUT2D eigenvalue weighted by Crippen LogP contribution is 2.69. The summed E-state index contributed by atoms with van der Waals surface area (Å²) >= 11 is 0. The summed E-state index contributed by atoms with van der Waals surface area (Å²) in [6, 6.07) is 6.71. The molecule has 4 saturated carbocycles. The van der Waals surface area contributed by atoms with E-state index >= 15 is 0 Å². The number of Topliss-reactive ketones (excluding diaryl/α,β-unsaturated/α-hetero) is 2. The predicted octanol–water partition coefficient (Wildman–Crippen LogP) is 1.96. The zero-order valence-corrected chi connectivity index (χ0v) is 19.2. The van der Waals surface area contributed by atoms with E-state index in [2.05, 4.69) is 0 Å². The van der Waals surface area contributed by atoms with Gasteiger partial charge in [-0.1, -0.05) is 17.7 Å². The summed E-state index contributed by atoms with van der Waals surface area (Å²) in [5.74, 6) is -0.228. The van der Waals surface area contributed by atoms with Crippen LogP contribution >= 0.6 is 0 Å². The number of aryl methyl sites for hydroxylation is 1. The third kappa shape index (κ3) is 3.06. The maximum absolute atomic E-state index is 13.5. The van der Waals surface area contributed by atoms with Gasteiger partial charge in [-0.05, 0) is 56.6 Å². The van der Waals surface area contributed by atoms with E-state index in [0.717, 1.165) is 12.0 Å². The van der Waals surface area contributed by atoms with Crippen LogP contribution in [-0.2, 0) is 24.3 Å². The molecular formula is C23H31NO6S. The molecule has 8 heteroatoms. The lowest BCUT2D eigenvalue weighted by Crippen LogP contribution is -2.66. The molecule has 5 atom stereocenters. The first kappa shape index (κ1) is 22.6. The third-order valence-corrected chi connectivity index (χ3v) is 10.0. The van der Waals surface area contributed by atoms with E-state index in [1.165, 1.54) is 18.5 Å². The topological polar surface area (TPSA) is 101 Å². The molecule has 0 aliphatic heterocycles. The van der Waals surface area contributed by atoms with Gasteiger partial charge in [0, 0.05) is 32.5 Å². The SMILES string of the molecule is COC1C(=O)C2(CCCN(C)S(=O)(=O)c3ccc(C)cc3)C3CC(=O)C2(CO)CC1C3. The molecule has 5 rings (SSSR count). The normalized spacial score (nSPS) is 34.7. The van der Waals surface area contributed by atoms with Crippen molar-refractivity contribution in [3.05, 3.63) is 29.8 Å². The molecule has 4 bridgehead atoms. The second-order valence-electron chi connectivity index (χ2n) is 9.50. The molecule has 4 aliphatic rings. The number of ether oxygens (including phenoxy) is 1. The van der Waals surface area contributed by atoms with Crippen LogP contribution < -0.4 is 0 Å². The first-order valence-electron chi connectivity index (χ1n) is 10.9. The number of nitrogens with zero attached hydrogens (tertiary/aromatic N) is 1. The standard InChI is InChI=1S/C23H31NO6S/c1-15-5-7-18(8-6-15)31(28,29)24(2)10-4-9-23-17-11-16(20(30-3)21(23)27)13-22(23,14-25)19(26)12-17/h5-8,16-17,20,25H,4,9-14H2,1-3H3. The molecule has 4 aliphatic carbocycles. The molecule has 7 nitrogen and oxygen atoms in total. The Morgan fingerprint density at radius 1 is 1.23 bits per heavy atom. The first-order chi connectivity index (χ1) is 14.6. The van der Waals surface area contributed by atoms with Crippen LogP contribution in [0.5, 0.6) is 0 Å². The summed E-state index contributed by atoms with van der Waals surface area (Å²) in [6.45, 7) is 1.79. The Bertz CT molecular complexity index is 990. The van der Waals surface area contributed by atoms with E-state index < -0.39 is 27.0 Å². The van der Waals surface area contributed by atoms with Gasteiger partial charge in [-0.15, -0.1) is 0 Å². The molecular weight excluding hydrogens is 418 g/mol. The van der Waals surface area contributed by atoms with Crippen molar-refractivity contribution in [2.24, 2.45) is 22.7 Å². The monoisotopic (exact) mass is 449 g/mol. The highest BCUT2D eigenvalue weighted by molar-refractivity contribution is 7.89. The highest BCUT2D eigenvalue weighted by Gasteiger charge is 2.75. The number of aliphatic hydroxyl groups is 1. The maximum atomic E-state index is 13.5. The molecule has 1 N–H and O–H groups in total. The van der Waals surface area contributed by atoms with Crippen LogP contribution in [0.2, 0.25) is 0 Å². The molecule has 0 aromatic heterocycles. The lowest BCUT2D eigenvalue weighted by atomic mass is 9.44. The van der Waals surface area contributed by atoms with Crippen molar-refractivity contribution >= 4 is 21.6 Å². The summed E-state index contributed by atoms with van der Waals surface area (Å²) in [5.41, 5.74) is -1.02. The molecule has 31 heavy (non-hydrogen) atoms. The molecule has 5 unspecified atom stereocenters. The first-order valence-corrected chi connectivity index (χ1v) is 12.3. The zero-order chi connectivity index (χ0) is 22.6. The van der Waals surface area contributed by atoms with Crippen molar-refractivity contribution in [1.29, 1.82) is 0 Å². The molecule has 0 radical (unpaired) electrons. The van der Waals surface area contributed by atoms with Gasteiger partial charge in [0.25, 0.3) is 0 Å². The Morgan fingerprint density at radius 2 is 1.90 bits per heavy atom. The lowest BCUT2D eigenvalue weighted by molar-refractivity contribution is -0.190. The summed E-state index contributed by atoms with van der Waals surface area (Å²) in [6.07, 6.45) is 1.80. The summed E-state index contributed by atoms with van der Waals surface area (Å²) in [5, 5.41) is 10.3. The second-order valence-corrected chi connectivity index (χ2v) is 11.5. The number of fused-ring (bicyclic) bond motifs is 1. The predicted molar refractivity (Wildman–Crippen MR) is 114 cm³/mol. The van der Waals surface area contributed by atoms with Crippen LogP contribution in [0.15, 0.2) is 29.2 Å². The molecule has 1 aromatic rings. The van der Waals surface area contributed by atoms with Crippen molar-refractivity contribution < 1.29 is 27.9 Å². The molecule has 0 spiro atoms. The van der Waals surface area contributed by atoms with Crippen LogP contribution in [0.4, 0.5) is 0 Å². The lowest BCUT2D eigenvalue weighted by Gasteiger charge is -2.58. The fourth-order valence-electron chi connectivity index (χ4n) is 6.60. The number of rotatable bonds is 8. The number of carbonyl (C=O) groups is 2. The Labute approximate surface area is 183 Å². The maximum Gasteiger partial charge on any atom is 0.242 e. The zero-order valence-electron chi connectivity index (χ0n) is 18.3. The molecule has 1 aromatic carbocycles. The second kappa shape index (κ2) is 7.76. The van der Waals surface area contributed by atoms with Crippen molar-refractivity contribution in [1.82, 2.24) is 4.31 Å². The number of aliphatic hydroxyl groups excluding tert-OH is 1. The quantitative estimate of drug-likeness (QED) is 0.651. The minimum Gasteiger partial charge on any atom is -0.395 e. The van der Waals surface area contributed by atoms with Gasteiger partial charge in [0.05, 0.1) is 16.9 Å². The van der Waals surface area contributed by atoms with E-state index in [9.17, 15) is 23.1 Å². The van der Waals surface area contributed by atoms with Crippen molar-refractivity contribution in [2.45, 2.75) is 50.0 Å². The Hall–Kier alpha value is -1.61. The van der Waals surface area contributed by atoms with Crippen molar-refractivity contribution in [3.8, 4) is 0 Å². The van der Waals surface area contributed by atoms with E-state index in [1.807, 2.05) is 6.92 Å². The Balaban J connectivity index is 1.55. The fraction of sp³-hybridized carbons (Fsp3) is 0.652. The van der Waals surface area contributed by atoms with Gasteiger partial charge in [-0.2, -0.15) is 0 Å². The minimum absolute atomic E-state index is 0.0222. The summed E-state index contributed by atoms with van der Waals surface area (Å²) in [4.78, 5) is 26.7. The van der Waals surface area contributed by atoms with Crippen molar-refractivity contribution in [3.63, 3.8) is 0 Å². The average Bonchev–Trinajstić information content (AvgIpc) is 2.87. The van der Waals surface area contributed by atoms with Crippen molar-refractivity contribution in [2.75, 3.05) is 27.3 Å². The number of hydrogen-bond donors (Lipinski definition) is 1. The number of methoxy groups -OCH3 is 1. The van der Waals surface area contributed by atoms with Crippen LogP contribution in [0.3, 0.4) is 0 Å². The summed E-state index contributed by atoms with van der Waals surface area (Å²) < 4.78 is 32.6. The van der Waals surface area contributed by atoms with E-state index in [-0.39, 0.29) is 41.4 Å². The number of sulfonamides is 1. The Morgan fingerprint density at radius 3 is 2.52 bits per heavy atom. The van der Waals surface area contributed by atoms with Gasteiger partial charge in [-0.3, -0.25) is 9.59 Å². The third-order valence-electron chi connectivity index (χ3n) is 8.14. The van der Waals surface area contributed by atoms with Crippen LogP contribution in [-0.4, -0.2) is 62.8 Å². The van der Waals surface area contributed by atoms with Crippen LogP contribution in [0.25, 0.3) is 0 Å². The number of hydrogen-bond acceptors (Lipinski definition) is 6. The smallest absolute Gasteiger partial charge is 0.242 e. The van der Waals surface area contributed by atoms with Gasteiger partial charge in [0.2, 0.25) is 10.0 Å². The molecule has 0 saturated heterocycles. The Kier molecular flexibility index (Phi) is 5.65. The number of benzene rings is 1. The molecule has 0 amide bonds. The van der Waals surface area contributed by atoms with Gasteiger partial charge < -0.3 is 9.84 Å². The number of ketones is 2. The number of carbonyl (C=O) groups excluding carboxylic acids is 2. The molecule has 0 heterocycles. The summed E-state index contributed by atoms with van der Waals surface area (Å²) in [7, 11) is -0.584.